The highest BCUT2D eigenvalue weighted by Crippen LogP contribution is 2.24. The summed E-state index contributed by atoms with van der Waals surface area (Å²) in [6, 6.07) is 4.12. The van der Waals surface area contributed by atoms with Gasteiger partial charge in [0.25, 0.3) is 0 Å². The van der Waals surface area contributed by atoms with Crippen molar-refractivity contribution in [3.05, 3.63) is 24.5 Å². The predicted molar refractivity (Wildman–Crippen MR) is 99.4 cm³/mol. The molecule has 0 bridgehead atoms. The summed E-state index contributed by atoms with van der Waals surface area (Å²) >= 11 is 0. The third-order valence-electron chi connectivity index (χ3n) is 3.86. The fourth-order valence-electron chi connectivity index (χ4n) is 2.73. The number of amides is 1. The number of piperidine rings is 1. The molecule has 24 heavy (non-hydrogen) atoms. The third kappa shape index (κ3) is 7.66. The average molecular weight is 335 g/mol. The molecule has 1 aromatic rings. The predicted octanol–water partition coefficient (Wildman–Crippen LogP) is 4.24. The van der Waals surface area contributed by atoms with Crippen LogP contribution in [0.2, 0.25) is 0 Å². The first-order chi connectivity index (χ1) is 11.4. The van der Waals surface area contributed by atoms with E-state index in [1.54, 1.807) is 0 Å². The van der Waals surface area contributed by atoms with Crippen LogP contribution < -0.4 is 10.2 Å². The molecule has 1 aliphatic rings. The van der Waals surface area contributed by atoms with Crippen LogP contribution in [-0.4, -0.2) is 36.3 Å². The van der Waals surface area contributed by atoms with Crippen molar-refractivity contribution in [3.63, 3.8) is 0 Å². The van der Waals surface area contributed by atoms with Crippen LogP contribution >= 0.6 is 0 Å². The Bertz CT molecular complexity index is 463. The van der Waals surface area contributed by atoms with E-state index < -0.39 is 5.60 Å². The summed E-state index contributed by atoms with van der Waals surface area (Å²) in [5, 5.41) is 2.85. The molecular formula is C19H33N3O2. The Labute approximate surface area is 146 Å². The number of nitrogens with zero attached hydrogens (tertiary/aromatic N) is 2. The van der Waals surface area contributed by atoms with E-state index in [1.807, 2.05) is 47.0 Å². The van der Waals surface area contributed by atoms with Crippen molar-refractivity contribution in [2.75, 3.05) is 24.5 Å². The fraction of sp³-hybridized carbons (Fsp3) is 0.684. The number of carbonyl (C=O) groups excluding carboxylic acids is 1. The van der Waals surface area contributed by atoms with Crippen LogP contribution in [0.1, 0.15) is 53.9 Å². The number of rotatable bonds is 4. The van der Waals surface area contributed by atoms with Gasteiger partial charge in [-0.2, -0.15) is 0 Å². The van der Waals surface area contributed by atoms with Gasteiger partial charge < -0.3 is 15.0 Å². The molecule has 136 valence electrons. The summed E-state index contributed by atoms with van der Waals surface area (Å²) in [5.41, 5.74) is 0.820. The molecule has 0 saturated carbocycles. The van der Waals surface area contributed by atoms with Crippen molar-refractivity contribution >= 4 is 11.8 Å². The van der Waals surface area contributed by atoms with E-state index in [-0.39, 0.29) is 6.09 Å². The summed E-state index contributed by atoms with van der Waals surface area (Å²) in [6.45, 7) is 12.5. The van der Waals surface area contributed by atoms with Crippen molar-refractivity contribution < 1.29 is 9.53 Å². The maximum atomic E-state index is 11.6. The van der Waals surface area contributed by atoms with Crippen LogP contribution in [-0.2, 0) is 4.74 Å². The molecule has 1 aliphatic heterocycles. The van der Waals surface area contributed by atoms with E-state index in [0.717, 1.165) is 19.5 Å². The van der Waals surface area contributed by atoms with Crippen molar-refractivity contribution in [2.45, 2.75) is 59.5 Å². The van der Waals surface area contributed by atoms with E-state index in [1.165, 1.54) is 18.5 Å². The Hall–Kier alpha value is -1.78. The lowest BCUT2D eigenvalue weighted by Crippen LogP contribution is -2.36. The van der Waals surface area contributed by atoms with Gasteiger partial charge in [-0.15, -0.1) is 0 Å². The van der Waals surface area contributed by atoms with E-state index in [4.69, 9.17) is 4.74 Å². The molecule has 0 aliphatic carbocycles. The number of anilines is 1. The molecule has 0 spiro atoms. The van der Waals surface area contributed by atoms with Crippen molar-refractivity contribution in [2.24, 2.45) is 5.92 Å². The van der Waals surface area contributed by atoms with Crippen molar-refractivity contribution in [1.82, 2.24) is 10.3 Å². The normalized spacial score (nSPS) is 15.3. The van der Waals surface area contributed by atoms with Crippen molar-refractivity contribution in [1.29, 1.82) is 0 Å². The molecule has 1 amide bonds. The second-order valence-corrected chi connectivity index (χ2v) is 6.85. The molecule has 0 atom stereocenters. The second-order valence-electron chi connectivity index (χ2n) is 6.85. The topological polar surface area (TPSA) is 54.5 Å². The van der Waals surface area contributed by atoms with E-state index in [9.17, 15) is 4.79 Å². The van der Waals surface area contributed by atoms with Gasteiger partial charge in [-0.05, 0) is 58.1 Å². The van der Waals surface area contributed by atoms with Gasteiger partial charge in [-0.3, -0.25) is 4.98 Å². The first-order valence-electron chi connectivity index (χ1n) is 9.06. The Kier molecular flexibility index (Phi) is 8.58. The van der Waals surface area contributed by atoms with Crippen molar-refractivity contribution in [3.8, 4) is 0 Å². The van der Waals surface area contributed by atoms with Crippen LogP contribution in [0.25, 0.3) is 0 Å². The van der Waals surface area contributed by atoms with Crippen LogP contribution in [0.15, 0.2) is 24.5 Å². The molecule has 2 heterocycles. The molecule has 2 rings (SSSR count). The first-order valence-corrected chi connectivity index (χ1v) is 9.06. The Morgan fingerprint density at radius 2 is 1.83 bits per heavy atom. The molecule has 1 N–H and O–H groups in total. The summed E-state index contributed by atoms with van der Waals surface area (Å²) < 4.78 is 5.24. The Morgan fingerprint density at radius 3 is 2.38 bits per heavy atom. The van der Waals surface area contributed by atoms with Gasteiger partial charge in [0.15, 0.2) is 0 Å². The minimum absolute atomic E-state index is 0.318. The van der Waals surface area contributed by atoms with Gasteiger partial charge in [0.1, 0.15) is 5.60 Å². The molecular weight excluding hydrogens is 302 g/mol. The van der Waals surface area contributed by atoms with E-state index in [2.05, 4.69) is 27.3 Å². The standard InChI is InChI=1S/C17H27N3O2.C2H6/c1-17(2,3)22-16(21)19-11-4-14-7-12-20(13-8-14)15-5-9-18-10-6-15;1-2/h5-6,9-10,14H,4,7-8,11-13H2,1-3H3,(H,19,21);1-2H3. The van der Waals surface area contributed by atoms with E-state index in [0.29, 0.717) is 12.5 Å². The van der Waals surface area contributed by atoms with Crippen LogP contribution in [0.4, 0.5) is 10.5 Å². The number of aromatic nitrogens is 1. The molecule has 0 radical (unpaired) electrons. The minimum atomic E-state index is -0.431. The highest BCUT2D eigenvalue weighted by atomic mass is 16.6. The lowest BCUT2D eigenvalue weighted by Gasteiger charge is -2.33. The third-order valence-corrected chi connectivity index (χ3v) is 3.86. The minimum Gasteiger partial charge on any atom is -0.444 e. The number of alkyl carbamates (subject to hydrolysis) is 1. The highest BCUT2D eigenvalue weighted by molar-refractivity contribution is 5.67. The number of ether oxygens (including phenoxy) is 1. The van der Waals surface area contributed by atoms with Gasteiger partial charge in [0.2, 0.25) is 0 Å². The van der Waals surface area contributed by atoms with Gasteiger partial charge >= 0.3 is 6.09 Å². The highest BCUT2D eigenvalue weighted by Gasteiger charge is 2.20. The number of hydrogen-bond donors (Lipinski definition) is 1. The molecule has 1 saturated heterocycles. The lowest BCUT2D eigenvalue weighted by atomic mass is 9.93. The van der Waals surface area contributed by atoms with Crippen LogP contribution in [0.5, 0.6) is 0 Å². The SMILES string of the molecule is CC.CC(C)(C)OC(=O)NCCC1CCN(c2ccncc2)CC1. The smallest absolute Gasteiger partial charge is 0.407 e. The molecule has 0 unspecified atom stereocenters. The van der Waals surface area contributed by atoms with Gasteiger partial charge in [0.05, 0.1) is 0 Å². The molecule has 0 aromatic carbocycles. The van der Waals surface area contributed by atoms with Gasteiger partial charge in [-0.1, -0.05) is 13.8 Å². The van der Waals surface area contributed by atoms with Gasteiger partial charge in [0, 0.05) is 37.7 Å². The molecule has 1 fully saturated rings. The largest absolute Gasteiger partial charge is 0.444 e. The van der Waals surface area contributed by atoms with Crippen LogP contribution in [0, 0.1) is 5.92 Å². The summed E-state index contributed by atoms with van der Waals surface area (Å²) in [4.78, 5) is 18.1. The lowest BCUT2D eigenvalue weighted by molar-refractivity contribution is 0.0524. The number of pyridine rings is 1. The first kappa shape index (κ1) is 20.3. The quantitative estimate of drug-likeness (QED) is 0.894. The summed E-state index contributed by atoms with van der Waals surface area (Å²) in [5.74, 6) is 0.674. The maximum Gasteiger partial charge on any atom is 0.407 e. The molecule has 1 aromatic heterocycles. The van der Waals surface area contributed by atoms with Crippen LogP contribution in [0.3, 0.4) is 0 Å². The zero-order chi connectivity index (χ0) is 18.0. The number of nitrogens with one attached hydrogen (secondary N) is 1. The summed E-state index contributed by atoms with van der Waals surface area (Å²) in [6.07, 6.45) is 6.71. The maximum absolute atomic E-state index is 11.6. The number of hydrogen-bond acceptors (Lipinski definition) is 4. The van der Waals surface area contributed by atoms with E-state index >= 15 is 0 Å². The monoisotopic (exact) mass is 335 g/mol. The molecule has 5 nitrogen and oxygen atoms in total. The Balaban J connectivity index is 0.00000139. The zero-order valence-corrected chi connectivity index (χ0v) is 15.8. The fourth-order valence-corrected chi connectivity index (χ4v) is 2.73. The molecule has 5 heteroatoms. The average Bonchev–Trinajstić information content (AvgIpc) is 2.56. The second kappa shape index (κ2) is 10.2. The zero-order valence-electron chi connectivity index (χ0n) is 15.8. The Morgan fingerprint density at radius 1 is 1.25 bits per heavy atom. The van der Waals surface area contributed by atoms with Gasteiger partial charge in [-0.25, -0.2) is 4.79 Å². The number of carbonyl (C=O) groups is 1. The summed E-state index contributed by atoms with van der Waals surface area (Å²) in [7, 11) is 0.